The average molecular weight is 264 g/mol. The summed E-state index contributed by atoms with van der Waals surface area (Å²) in [4.78, 5) is 2.30. The van der Waals surface area contributed by atoms with Gasteiger partial charge in [-0.1, -0.05) is 6.07 Å². The van der Waals surface area contributed by atoms with Gasteiger partial charge in [-0.25, -0.2) is 4.39 Å². The number of likely N-dealkylation sites (N-methyl/N-ethyl adjacent to an activating group) is 1. The van der Waals surface area contributed by atoms with Crippen LogP contribution in [0.15, 0.2) is 18.2 Å². The van der Waals surface area contributed by atoms with E-state index in [1.807, 2.05) is 13.1 Å². The Labute approximate surface area is 113 Å². The Kier molecular flexibility index (Phi) is 3.71. The Hall–Kier alpha value is -1.13. The monoisotopic (exact) mass is 264 g/mol. The van der Waals surface area contributed by atoms with E-state index in [1.54, 1.807) is 12.1 Å². The maximum Gasteiger partial charge on any atom is 0.125 e. The Morgan fingerprint density at radius 3 is 3.16 bits per heavy atom. The molecule has 1 N–H and O–H groups in total. The molecule has 104 valence electrons. The van der Waals surface area contributed by atoms with Crippen LogP contribution in [0.5, 0.6) is 0 Å². The molecular formula is C15H21FN2O. The van der Waals surface area contributed by atoms with Gasteiger partial charge < -0.3 is 15.0 Å². The summed E-state index contributed by atoms with van der Waals surface area (Å²) in [5.41, 5.74) is 2.33. The predicted octanol–water partition coefficient (Wildman–Crippen LogP) is 1.81. The first-order chi connectivity index (χ1) is 9.28. The summed E-state index contributed by atoms with van der Waals surface area (Å²) in [5.74, 6) is 0.429. The molecule has 2 aliphatic rings. The molecule has 4 heteroatoms. The van der Waals surface area contributed by atoms with E-state index in [-0.39, 0.29) is 5.82 Å². The summed E-state index contributed by atoms with van der Waals surface area (Å²) in [5, 5.41) is 3.40. The van der Waals surface area contributed by atoms with Crippen molar-refractivity contribution in [3.05, 3.63) is 29.6 Å². The van der Waals surface area contributed by atoms with E-state index in [0.717, 1.165) is 44.8 Å². The maximum atomic E-state index is 13.4. The van der Waals surface area contributed by atoms with Gasteiger partial charge in [0.25, 0.3) is 0 Å². The molecule has 3 rings (SSSR count). The smallest absolute Gasteiger partial charge is 0.125 e. The standard InChI is InChI=1S/C15H21FN2O/c1-17-14(12-5-7-19-10-12)9-18-6-4-11-2-3-13(16)8-15(11)18/h2-3,8,12,14,17H,4-7,9-10H2,1H3. The SMILES string of the molecule is CNC(CN1CCc2ccc(F)cc21)C1CCOC1. The lowest BCUT2D eigenvalue weighted by Gasteiger charge is -2.29. The quantitative estimate of drug-likeness (QED) is 0.897. The maximum absolute atomic E-state index is 13.4. The fourth-order valence-electron chi connectivity index (χ4n) is 3.19. The van der Waals surface area contributed by atoms with Crippen molar-refractivity contribution in [1.29, 1.82) is 0 Å². The summed E-state index contributed by atoms with van der Waals surface area (Å²) < 4.78 is 18.9. The number of hydrogen-bond donors (Lipinski definition) is 1. The Bertz CT molecular complexity index is 446. The van der Waals surface area contributed by atoms with Crippen molar-refractivity contribution in [3.63, 3.8) is 0 Å². The minimum atomic E-state index is -0.143. The van der Waals surface area contributed by atoms with Crippen LogP contribution < -0.4 is 10.2 Å². The molecule has 1 aromatic rings. The first-order valence-corrected chi connectivity index (χ1v) is 7.06. The number of ether oxygens (including phenoxy) is 1. The van der Waals surface area contributed by atoms with Crippen molar-refractivity contribution < 1.29 is 9.13 Å². The zero-order valence-corrected chi connectivity index (χ0v) is 11.4. The minimum Gasteiger partial charge on any atom is -0.381 e. The number of rotatable bonds is 4. The first-order valence-electron chi connectivity index (χ1n) is 7.06. The fourth-order valence-corrected chi connectivity index (χ4v) is 3.19. The number of nitrogens with one attached hydrogen (secondary N) is 1. The van der Waals surface area contributed by atoms with Gasteiger partial charge in [-0.2, -0.15) is 0 Å². The molecule has 0 bridgehead atoms. The molecule has 1 saturated heterocycles. The van der Waals surface area contributed by atoms with E-state index in [0.29, 0.717) is 12.0 Å². The van der Waals surface area contributed by atoms with Crippen molar-refractivity contribution in [3.8, 4) is 0 Å². The molecule has 0 amide bonds. The van der Waals surface area contributed by atoms with E-state index in [9.17, 15) is 4.39 Å². The molecule has 1 fully saturated rings. The van der Waals surface area contributed by atoms with Crippen LogP contribution in [-0.2, 0) is 11.2 Å². The van der Waals surface area contributed by atoms with Crippen LogP contribution in [0.2, 0.25) is 0 Å². The number of hydrogen-bond acceptors (Lipinski definition) is 3. The lowest BCUT2D eigenvalue weighted by molar-refractivity contribution is 0.178. The van der Waals surface area contributed by atoms with Crippen LogP contribution >= 0.6 is 0 Å². The van der Waals surface area contributed by atoms with Gasteiger partial charge in [-0.3, -0.25) is 0 Å². The highest BCUT2D eigenvalue weighted by molar-refractivity contribution is 5.58. The number of fused-ring (bicyclic) bond motifs is 1. The lowest BCUT2D eigenvalue weighted by atomic mass is 9.98. The average Bonchev–Trinajstić information content (AvgIpc) is 3.05. The van der Waals surface area contributed by atoms with Crippen molar-refractivity contribution in [2.75, 3.05) is 38.3 Å². The van der Waals surface area contributed by atoms with Gasteiger partial charge in [0.2, 0.25) is 0 Å². The second-order valence-corrected chi connectivity index (χ2v) is 5.49. The number of nitrogens with zero attached hydrogens (tertiary/aromatic N) is 1. The molecule has 3 nitrogen and oxygen atoms in total. The van der Waals surface area contributed by atoms with E-state index in [1.165, 1.54) is 5.56 Å². The summed E-state index contributed by atoms with van der Waals surface area (Å²) >= 11 is 0. The first kappa shape index (κ1) is 12.9. The van der Waals surface area contributed by atoms with Crippen LogP contribution in [0, 0.1) is 11.7 Å². The molecule has 2 atom stereocenters. The van der Waals surface area contributed by atoms with Crippen LogP contribution in [-0.4, -0.2) is 39.4 Å². The van der Waals surface area contributed by atoms with Crippen LogP contribution in [0.3, 0.4) is 0 Å². The molecule has 2 unspecified atom stereocenters. The molecule has 0 aliphatic carbocycles. The molecule has 1 aromatic carbocycles. The summed E-state index contributed by atoms with van der Waals surface area (Å²) in [7, 11) is 2.01. The molecule has 19 heavy (non-hydrogen) atoms. The number of anilines is 1. The van der Waals surface area contributed by atoms with Gasteiger partial charge in [0.1, 0.15) is 5.82 Å². The molecule has 0 aromatic heterocycles. The van der Waals surface area contributed by atoms with Crippen LogP contribution in [0.25, 0.3) is 0 Å². The van der Waals surface area contributed by atoms with E-state index in [4.69, 9.17) is 4.74 Å². The third-order valence-corrected chi connectivity index (χ3v) is 4.36. The van der Waals surface area contributed by atoms with Crippen molar-refractivity contribution in [2.24, 2.45) is 5.92 Å². The summed E-state index contributed by atoms with van der Waals surface area (Å²) in [6, 6.07) is 5.55. The largest absolute Gasteiger partial charge is 0.381 e. The minimum absolute atomic E-state index is 0.143. The molecule has 2 heterocycles. The van der Waals surface area contributed by atoms with Crippen LogP contribution in [0.1, 0.15) is 12.0 Å². The van der Waals surface area contributed by atoms with E-state index < -0.39 is 0 Å². The second kappa shape index (κ2) is 5.47. The second-order valence-electron chi connectivity index (χ2n) is 5.49. The van der Waals surface area contributed by atoms with Gasteiger partial charge in [-0.15, -0.1) is 0 Å². The van der Waals surface area contributed by atoms with Gasteiger partial charge >= 0.3 is 0 Å². The third kappa shape index (κ3) is 2.60. The number of halogens is 1. The van der Waals surface area contributed by atoms with Crippen LogP contribution in [0.4, 0.5) is 10.1 Å². The van der Waals surface area contributed by atoms with E-state index in [2.05, 4.69) is 10.2 Å². The molecule has 0 saturated carbocycles. The van der Waals surface area contributed by atoms with Gasteiger partial charge in [0, 0.05) is 37.3 Å². The van der Waals surface area contributed by atoms with Crippen molar-refractivity contribution in [1.82, 2.24) is 5.32 Å². The predicted molar refractivity (Wildman–Crippen MR) is 74.1 cm³/mol. The summed E-state index contributed by atoms with van der Waals surface area (Å²) in [6.45, 7) is 3.63. The zero-order valence-electron chi connectivity index (χ0n) is 11.4. The Morgan fingerprint density at radius 1 is 1.53 bits per heavy atom. The molecular weight excluding hydrogens is 243 g/mol. The highest BCUT2D eigenvalue weighted by atomic mass is 19.1. The lowest BCUT2D eigenvalue weighted by Crippen LogP contribution is -2.44. The highest BCUT2D eigenvalue weighted by Crippen LogP contribution is 2.29. The zero-order chi connectivity index (χ0) is 13.2. The van der Waals surface area contributed by atoms with Gasteiger partial charge in [0.05, 0.1) is 6.61 Å². The third-order valence-electron chi connectivity index (χ3n) is 4.36. The molecule has 2 aliphatic heterocycles. The topological polar surface area (TPSA) is 24.5 Å². The van der Waals surface area contributed by atoms with E-state index >= 15 is 0 Å². The Morgan fingerprint density at radius 2 is 2.42 bits per heavy atom. The number of benzene rings is 1. The molecule has 0 spiro atoms. The van der Waals surface area contributed by atoms with Crippen molar-refractivity contribution in [2.45, 2.75) is 18.9 Å². The normalized spacial score (nSPS) is 23.7. The molecule has 0 radical (unpaired) electrons. The summed E-state index contributed by atoms with van der Waals surface area (Å²) in [6.07, 6.45) is 2.14. The van der Waals surface area contributed by atoms with Gasteiger partial charge in [0.15, 0.2) is 0 Å². The highest BCUT2D eigenvalue weighted by Gasteiger charge is 2.28. The van der Waals surface area contributed by atoms with Gasteiger partial charge in [-0.05, 0) is 37.6 Å². The van der Waals surface area contributed by atoms with Crippen molar-refractivity contribution >= 4 is 5.69 Å². The Balaban J connectivity index is 1.72. The fraction of sp³-hybridized carbons (Fsp3) is 0.600.